The van der Waals surface area contributed by atoms with Crippen LogP contribution in [0.15, 0.2) is 47.7 Å². The molecule has 1 saturated heterocycles. The number of hydrogen-bond donors (Lipinski definition) is 3. The number of ether oxygens (including phenoxy) is 1. The van der Waals surface area contributed by atoms with Crippen LogP contribution in [-0.4, -0.2) is 44.5 Å². The van der Waals surface area contributed by atoms with Gasteiger partial charge in [-0.2, -0.15) is 0 Å². The Hall–Kier alpha value is -2.84. The molecule has 28 heavy (non-hydrogen) atoms. The van der Waals surface area contributed by atoms with E-state index >= 15 is 0 Å². The molecular weight excluding hydrogens is 372 g/mol. The first-order valence-electron chi connectivity index (χ1n) is 9.11. The second-order valence-corrected chi connectivity index (χ2v) is 7.30. The van der Waals surface area contributed by atoms with Crippen molar-refractivity contribution in [2.75, 3.05) is 48.9 Å². The minimum Gasteiger partial charge on any atom is -0.397 e. The maximum Gasteiger partial charge on any atom is 0.183 e. The molecule has 0 saturated carbocycles. The first kappa shape index (κ1) is 19.9. The summed E-state index contributed by atoms with van der Waals surface area (Å²) >= 11 is 1.52. The number of rotatable bonds is 7. The number of allylic oxidation sites excluding steroid dienone is 1. The summed E-state index contributed by atoms with van der Waals surface area (Å²) in [5.41, 5.74) is 9.80. The number of hydrogen-bond acceptors (Lipinski definition) is 8. The van der Waals surface area contributed by atoms with Gasteiger partial charge in [0.15, 0.2) is 5.13 Å². The third-order valence-electron chi connectivity index (χ3n) is 4.29. The SMILES string of the molecule is C=C(/N=C\C=C(/N)c1sc(NC)nc1C)Nc1ccc(N2CCOCC2)cc1. The lowest BCUT2D eigenvalue weighted by atomic mass is 10.2. The van der Waals surface area contributed by atoms with Crippen molar-refractivity contribution < 1.29 is 4.74 Å². The van der Waals surface area contributed by atoms with Crippen molar-refractivity contribution in [1.82, 2.24) is 4.98 Å². The molecule has 2 heterocycles. The summed E-state index contributed by atoms with van der Waals surface area (Å²) in [6.07, 6.45) is 3.40. The fourth-order valence-electron chi connectivity index (χ4n) is 2.83. The van der Waals surface area contributed by atoms with Crippen LogP contribution < -0.4 is 21.3 Å². The molecule has 148 valence electrons. The number of aryl methyl sites for hydroxylation is 1. The van der Waals surface area contributed by atoms with Crippen LogP contribution in [0.25, 0.3) is 5.70 Å². The monoisotopic (exact) mass is 398 g/mol. The third-order valence-corrected chi connectivity index (χ3v) is 5.51. The number of aromatic nitrogens is 1. The lowest BCUT2D eigenvalue weighted by Crippen LogP contribution is -2.36. The molecular formula is C20H26N6OS. The Morgan fingerprint density at radius 3 is 2.68 bits per heavy atom. The highest BCUT2D eigenvalue weighted by atomic mass is 32.1. The lowest BCUT2D eigenvalue weighted by molar-refractivity contribution is 0.122. The largest absolute Gasteiger partial charge is 0.397 e. The Balaban J connectivity index is 1.56. The van der Waals surface area contributed by atoms with Gasteiger partial charge < -0.3 is 26.0 Å². The molecule has 1 aromatic carbocycles. The molecule has 1 aliphatic heterocycles. The minimum atomic E-state index is 0.542. The quantitative estimate of drug-likeness (QED) is 0.621. The molecule has 0 radical (unpaired) electrons. The zero-order chi connectivity index (χ0) is 19.9. The van der Waals surface area contributed by atoms with Crippen molar-refractivity contribution in [1.29, 1.82) is 0 Å². The van der Waals surface area contributed by atoms with Crippen molar-refractivity contribution in [2.45, 2.75) is 6.92 Å². The molecule has 0 aliphatic carbocycles. The molecule has 0 amide bonds. The van der Waals surface area contributed by atoms with Gasteiger partial charge in [0.25, 0.3) is 0 Å². The predicted octanol–water partition coefficient (Wildman–Crippen LogP) is 3.28. The van der Waals surface area contributed by atoms with Crippen molar-refractivity contribution in [3.8, 4) is 0 Å². The van der Waals surface area contributed by atoms with E-state index in [0.29, 0.717) is 11.5 Å². The second kappa shape index (κ2) is 9.38. The third kappa shape index (κ3) is 5.11. The van der Waals surface area contributed by atoms with Crippen molar-refractivity contribution in [2.24, 2.45) is 10.7 Å². The molecule has 2 aromatic rings. The van der Waals surface area contributed by atoms with E-state index in [4.69, 9.17) is 10.5 Å². The van der Waals surface area contributed by atoms with Crippen LogP contribution >= 0.6 is 11.3 Å². The first-order valence-corrected chi connectivity index (χ1v) is 9.92. The highest BCUT2D eigenvalue weighted by Crippen LogP contribution is 2.26. The Bertz CT molecular complexity index is 865. The van der Waals surface area contributed by atoms with Crippen molar-refractivity contribution in [3.63, 3.8) is 0 Å². The molecule has 1 fully saturated rings. The summed E-state index contributed by atoms with van der Waals surface area (Å²) in [4.78, 5) is 12.0. The number of thiazole rings is 1. The van der Waals surface area contributed by atoms with Gasteiger partial charge in [0, 0.05) is 37.7 Å². The van der Waals surface area contributed by atoms with E-state index in [-0.39, 0.29) is 0 Å². The van der Waals surface area contributed by atoms with Crippen LogP contribution in [0.3, 0.4) is 0 Å². The molecule has 0 unspecified atom stereocenters. The number of nitrogens with zero attached hydrogens (tertiary/aromatic N) is 3. The van der Waals surface area contributed by atoms with Gasteiger partial charge in [0.1, 0.15) is 5.82 Å². The number of morpholine rings is 1. The van der Waals surface area contributed by atoms with Crippen LogP contribution in [0.4, 0.5) is 16.5 Å². The lowest BCUT2D eigenvalue weighted by Gasteiger charge is -2.28. The molecule has 0 spiro atoms. The smallest absolute Gasteiger partial charge is 0.183 e. The van der Waals surface area contributed by atoms with E-state index in [2.05, 4.69) is 44.2 Å². The number of aliphatic imine (C=N–C) groups is 1. The molecule has 1 aromatic heterocycles. The van der Waals surface area contributed by atoms with Gasteiger partial charge in [-0.3, -0.25) is 0 Å². The number of nitrogens with two attached hydrogens (primary N) is 1. The van der Waals surface area contributed by atoms with Crippen LogP contribution in [-0.2, 0) is 4.74 Å². The molecule has 7 nitrogen and oxygen atoms in total. The van der Waals surface area contributed by atoms with Gasteiger partial charge in [0.2, 0.25) is 0 Å². The highest BCUT2D eigenvalue weighted by molar-refractivity contribution is 7.16. The van der Waals surface area contributed by atoms with Crippen LogP contribution in [0.2, 0.25) is 0 Å². The zero-order valence-corrected chi connectivity index (χ0v) is 17.1. The average molecular weight is 399 g/mol. The summed E-state index contributed by atoms with van der Waals surface area (Å²) in [6.45, 7) is 9.28. The molecule has 1 aliphatic rings. The molecule has 8 heteroatoms. The number of anilines is 3. The van der Waals surface area contributed by atoms with E-state index in [1.807, 2.05) is 26.1 Å². The average Bonchev–Trinajstić information content (AvgIpc) is 3.10. The maximum absolute atomic E-state index is 6.14. The van der Waals surface area contributed by atoms with Gasteiger partial charge in [-0.15, -0.1) is 0 Å². The Morgan fingerprint density at radius 2 is 2.04 bits per heavy atom. The van der Waals surface area contributed by atoms with Crippen molar-refractivity contribution in [3.05, 3.63) is 53.3 Å². The van der Waals surface area contributed by atoms with Crippen LogP contribution in [0.5, 0.6) is 0 Å². The Morgan fingerprint density at radius 1 is 1.32 bits per heavy atom. The summed E-state index contributed by atoms with van der Waals surface area (Å²) in [7, 11) is 1.84. The van der Waals surface area contributed by atoms with E-state index in [1.54, 1.807) is 12.3 Å². The summed E-state index contributed by atoms with van der Waals surface area (Å²) in [6, 6.07) is 8.23. The van der Waals surface area contributed by atoms with E-state index in [1.165, 1.54) is 17.0 Å². The highest BCUT2D eigenvalue weighted by Gasteiger charge is 2.11. The molecule has 0 bridgehead atoms. The minimum absolute atomic E-state index is 0.542. The predicted molar refractivity (Wildman–Crippen MR) is 119 cm³/mol. The Labute approximate surface area is 169 Å². The fourth-order valence-corrected chi connectivity index (χ4v) is 3.69. The van der Waals surface area contributed by atoms with Gasteiger partial charge in [-0.25, -0.2) is 9.98 Å². The molecule has 3 rings (SSSR count). The first-order chi connectivity index (χ1) is 13.6. The van der Waals surface area contributed by atoms with Gasteiger partial charge in [-0.05, 0) is 37.3 Å². The van der Waals surface area contributed by atoms with Gasteiger partial charge in [-0.1, -0.05) is 17.9 Å². The summed E-state index contributed by atoms with van der Waals surface area (Å²) in [5, 5.41) is 7.05. The molecule has 0 atom stereocenters. The standard InChI is InChI=1S/C20H26N6OS/c1-14-19(28-20(22-3)24-14)18(21)8-9-23-15(2)25-16-4-6-17(7-5-16)26-10-12-27-13-11-26/h4-9,25H,2,10-13,21H2,1,3H3,(H,22,24)/b18-8-,23-9-. The van der Waals surface area contributed by atoms with E-state index < -0.39 is 0 Å². The van der Waals surface area contributed by atoms with Crippen LogP contribution in [0.1, 0.15) is 10.6 Å². The number of nitrogens with one attached hydrogen (secondary N) is 2. The second-order valence-electron chi connectivity index (χ2n) is 6.30. The van der Waals surface area contributed by atoms with E-state index in [9.17, 15) is 0 Å². The van der Waals surface area contributed by atoms with Gasteiger partial charge >= 0.3 is 0 Å². The summed E-state index contributed by atoms with van der Waals surface area (Å²) in [5.74, 6) is 0.542. The van der Waals surface area contributed by atoms with Crippen molar-refractivity contribution >= 4 is 39.8 Å². The summed E-state index contributed by atoms with van der Waals surface area (Å²) < 4.78 is 5.39. The zero-order valence-electron chi connectivity index (χ0n) is 16.2. The van der Waals surface area contributed by atoms with Gasteiger partial charge in [0.05, 0.1) is 29.5 Å². The number of benzene rings is 1. The fraction of sp³-hybridized carbons (Fsp3) is 0.300. The van der Waals surface area contributed by atoms with E-state index in [0.717, 1.165) is 47.7 Å². The van der Waals surface area contributed by atoms with Crippen LogP contribution in [0, 0.1) is 6.92 Å². The topological polar surface area (TPSA) is 87.8 Å². The Kier molecular flexibility index (Phi) is 6.67. The molecule has 4 N–H and O–H groups in total. The normalized spacial score (nSPS) is 15.1. The maximum atomic E-state index is 6.14.